The van der Waals surface area contributed by atoms with Gasteiger partial charge in [0, 0.05) is 28.5 Å². The first-order valence-corrected chi connectivity index (χ1v) is 9.65. The summed E-state index contributed by atoms with van der Waals surface area (Å²) >= 11 is 0. The molecule has 0 atom stereocenters. The minimum atomic E-state index is -0.258. The number of hydrogen-bond acceptors (Lipinski definition) is 3. The summed E-state index contributed by atoms with van der Waals surface area (Å²) < 4.78 is 0. The molecule has 2 aromatic carbocycles. The Bertz CT molecular complexity index is 1040. The third-order valence-electron chi connectivity index (χ3n) is 4.67. The molecule has 1 heterocycles. The molecule has 0 fully saturated rings. The molecule has 0 aliphatic rings. The molecule has 3 N–H and O–H groups in total. The maximum atomic E-state index is 12.6. The van der Waals surface area contributed by atoms with Crippen LogP contribution in [0.1, 0.15) is 30.7 Å². The van der Waals surface area contributed by atoms with Crippen LogP contribution >= 0.6 is 0 Å². The fourth-order valence-electron chi connectivity index (χ4n) is 3.26. The third-order valence-corrected chi connectivity index (χ3v) is 4.67. The number of pyridine rings is 1. The Morgan fingerprint density at radius 3 is 2.21 bits per heavy atom. The second kappa shape index (κ2) is 8.73. The zero-order valence-electron chi connectivity index (χ0n) is 17.2. The molecule has 0 aliphatic carbocycles. The molecule has 6 nitrogen and oxygen atoms in total. The van der Waals surface area contributed by atoms with Crippen molar-refractivity contribution in [3.8, 4) is 0 Å². The van der Waals surface area contributed by atoms with Crippen molar-refractivity contribution in [2.24, 2.45) is 0 Å². The predicted octanol–water partition coefficient (Wildman–Crippen LogP) is 4.56. The van der Waals surface area contributed by atoms with Gasteiger partial charge in [-0.15, -0.1) is 0 Å². The summed E-state index contributed by atoms with van der Waals surface area (Å²) in [6, 6.07) is 14.8. The van der Waals surface area contributed by atoms with Crippen LogP contribution < -0.4 is 16.0 Å². The van der Waals surface area contributed by atoms with E-state index in [1.807, 2.05) is 52.0 Å². The van der Waals surface area contributed by atoms with Gasteiger partial charge in [0.25, 0.3) is 0 Å². The van der Waals surface area contributed by atoms with Crippen LogP contribution in [0.25, 0.3) is 10.9 Å². The van der Waals surface area contributed by atoms with Gasteiger partial charge in [-0.3, -0.25) is 9.78 Å². The normalized spacial score (nSPS) is 10.8. The van der Waals surface area contributed by atoms with Crippen molar-refractivity contribution < 1.29 is 9.59 Å². The highest BCUT2D eigenvalue weighted by Gasteiger charge is 2.13. The molecule has 150 valence electrons. The molecular formula is C23H26N4O2. The molecule has 0 saturated carbocycles. The number of carbonyl (C=O) groups excluding carboxylic acids is 2. The van der Waals surface area contributed by atoms with Crippen LogP contribution in [0.2, 0.25) is 0 Å². The number of nitrogens with zero attached hydrogens (tertiary/aromatic N) is 1. The van der Waals surface area contributed by atoms with E-state index in [0.29, 0.717) is 11.4 Å². The van der Waals surface area contributed by atoms with Crippen molar-refractivity contribution in [1.82, 2.24) is 10.3 Å². The topological polar surface area (TPSA) is 83.1 Å². The van der Waals surface area contributed by atoms with Crippen LogP contribution in [0.15, 0.2) is 48.5 Å². The van der Waals surface area contributed by atoms with Gasteiger partial charge >= 0.3 is 6.03 Å². The highest BCUT2D eigenvalue weighted by molar-refractivity contribution is 5.94. The van der Waals surface area contributed by atoms with E-state index in [1.54, 1.807) is 24.3 Å². The zero-order chi connectivity index (χ0) is 21.0. The Morgan fingerprint density at radius 2 is 1.55 bits per heavy atom. The minimum Gasteiger partial charge on any atom is -0.336 e. The number of aryl methyl sites for hydroxylation is 2. The van der Waals surface area contributed by atoms with Crippen molar-refractivity contribution in [1.29, 1.82) is 0 Å². The Kier molecular flexibility index (Phi) is 6.12. The van der Waals surface area contributed by atoms with Gasteiger partial charge in [0.1, 0.15) is 0 Å². The summed E-state index contributed by atoms with van der Waals surface area (Å²) in [5.41, 5.74) is 5.17. The molecule has 0 aliphatic heterocycles. The largest absolute Gasteiger partial charge is 0.336 e. The smallest absolute Gasteiger partial charge is 0.319 e. The number of hydrogen-bond donors (Lipinski definition) is 3. The van der Waals surface area contributed by atoms with Crippen LogP contribution in [-0.4, -0.2) is 23.0 Å². The Morgan fingerprint density at radius 1 is 0.931 bits per heavy atom. The van der Waals surface area contributed by atoms with Crippen molar-refractivity contribution in [3.05, 3.63) is 65.4 Å². The predicted molar refractivity (Wildman–Crippen MR) is 117 cm³/mol. The molecular weight excluding hydrogens is 364 g/mol. The lowest BCUT2D eigenvalue weighted by atomic mass is 9.99. The quantitative estimate of drug-likeness (QED) is 0.597. The van der Waals surface area contributed by atoms with E-state index in [-0.39, 0.29) is 24.4 Å². The lowest BCUT2D eigenvalue weighted by Crippen LogP contribution is -2.34. The molecule has 0 bridgehead atoms. The van der Waals surface area contributed by atoms with Crippen LogP contribution in [0.3, 0.4) is 0 Å². The molecule has 1 aromatic heterocycles. The van der Waals surface area contributed by atoms with Crippen LogP contribution in [0, 0.1) is 13.8 Å². The standard InChI is InChI=1S/C23H26N4O2/c1-14(2)24-23(29)27-18-11-9-17(10-12-18)26-22(28)13-20-15(3)19-7-5-6-8-21(19)25-16(20)4/h5-12,14H,13H2,1-4H3,(H,26,28)(H2,24,27,29). The van der Waals surface area contributed by atoms with Gasteiger partial charge in [-0.05, 0) is 69.2 Å². The summed E-state index contributed by atoms with van der Waals surface area (Å²) in [7, 11) is 0. The van der Waals surface area contributed by atoms with Gasteiger partial charge in [-0.2, -0.15) is 0 Å². The van der Waals surface area contributed by atoms with E-state index in [4.69, 9.17) is 0 Å². The highest BCUT2D eigenvalue weighted by atomic mass is 16.2. The van der Waals surface area contributed by atoms with Crippen molar-refractivity contribution >= 4 is 34.2 Å². The molecule has 29 heavy (non-hydrogen) atoms. The molecule has 3 amide bonds. The Labute approximate surface area is 170 Å². The fraction of sp³-hybridized carbons (Fsp3) is 0.261. The highest BCUT2D eigenvalue weighted by Crippen LogP contribution is 2.23. The van der Waals surface area contributed by atoms with Crippen LogP contribution in [0.5, 0.6) is 0 Å². The monoisotopic (exact) mass is 390 g/mol. The van der Waals surface area contributed by atoms with E-state index in [1.165, 1.54) is 0 Å². The second-order valence-electron chi connectivity index (χ2n) is 7.37. The van der Waals surface area contributed by atoms with Gasteiger partial charge in [0.15, 0.2) is 0 Å². The molecule has 0 saturated heterocycles. The molecule has 0 unspecified atom stereocenters. The number of aromatic nitrogens is 1. The summed E-state index contributed by atoms with van der Waals surface area (Å²) in [6.45, 7) is 7.76. The van der Waals surface area contributed by atoms with Gasteiger partial charge in [-0.1, -0.05) is 18.2 Å². The van der Waals surface area contributed by atoms with Crippen molar-refractivity contribution in [3.63, 3.8) is 0 Å². The number of benzene rings is 2. The Hall–Kier alpha value is -3.41. The van der Waals surface area contributed by atoms with Gasteiger partial charge in [0.2, 0.25) is 5.91 Å². The van der Waals surface area contributed by atoms with Gasteiger partial charge in [0.05, 0.1) is 11.9 Å². The third kappa shape index (κ3) is 5.10. The number of fused-ring (bicyclic) bond motifs is 1. The number of para-hydroxylation sites is 1. The van der Waals surface area contributed by atoms with Gasteiger partial charge < -0.3 is 16.0 Å². The van der Waals surface area contributed by atoms with Crippen LogP contribution in [0.4, 0.5) is 16.2 Å². The maximum Gasteiger partial charge on any atom is 0.319 e. The first-order chi connectivity index (χ1) is 13.8. The SMILES string of the molecule is Cc1nc2ccccc2c(C)c1CC(=O)Nc1ccc(NC(=O)NC(C)C)cc1. The zero-order valence-corrected chi connectivity index (χ0v) is 17.2. The molecule has 3 rings (SSSR count). The van der Waals surface area contributed by atoms with Crippen molar-refractivity contribution in [2.75, 3.05) is 10.6 Å². The minimum absolute atomic E-state index is 0.0603. The van der Waals surface area contributed by atoms with E-state index < -0.39 is 0 Å². The fourth-order valence-corrected chi connectivity index (χ4v) is 3.26. The molecule has 0 spiro atoms. The summed E-state index contributed by atoms with van der Waals surface area (Å²) in [6.07, 6.45) is 0.256. The number of anilines is 2. The van der Waals surface area contributed by atoms with E-state index in [0.717, 1.165) is 27.7 Å². The van der Waals surface area contributed by atoms with Crippen molar-refractivity contribution in [2.45, 2.75) is 40.2 Å². The number of carbonyl (C=O) groups is 2. The average molecular weight is 390 g/mol. The van der Waals surface area contributed by atoms with Gasteiger partial charge in [-0.25, -0.2) is 4.79 Å². The molecule has 0 radical (unpaired) electrons. The van der Waals surface area contributed by atoms with E-state index in [9.17, 15) is 9.59 Å². The second-order valence-corrected chi connectivity index (χ2v) is 7.37. The summed E-state index contributed by atoms with van der Waals surface area (Å²) in [5, 5.41) is 9.49. The number of amides is 3. The van der Waals surface area contributed by atoms with E-state index in [2.05, 4.69) is 20.9 Å². The first-order valence-electron chi connectivity index (χ1n) is 9.65. The number of nitrogens with one attached hydrogen (secondary N) is 3. The first kappa shape index (κ1) is 20.3. The lowest BCUT2D eigenvalue weighted by Gasteiger charge is -2.13. The van der Waals surface area contributed by atoms with E-state index >= 15 is 0 Å². The lowest BCUT2D eigenvalue weighted by molar-refractivity contribution is -0.115. The van der Waals surface area contributed by atoms with Crippen LogP contribution in [-0.2, 0) is 11.2 Å². The maximum absolute atomic E-state index is 12.6. The summed E-state index contributed by atoms with van der Waals surface area (Å²) in [5.74, 6) is -0.105. The average Bonchev–Trinajstić information content (AvgIpc) is 2.66. The number of urea groups is 1. The summed E-state index contributed by atoms with van der Waals surface area (Å²) in [4.78, 5) is 29.0. The Balaban J connectivity index is 1.67. The number of rotatable bonds is 5. The molecule has 6 heteroatoms. The molecule has 3 aromatic rings.